The number of carbonyl (C=O) groups is 2. The van der Waals surface area contributed by atoms with E-state index in [4.69, 9.17) is 9.47 Å². The lowest BCUT2D eigenvalue weighted by molar-refractivity contribution is -0.132. The molecule has 1 atom stereocenters. The van der Waals surface area contributed by atoms with Crippen LogP contribution in [0.1, 0.15) is 24.1 Å². The smallest absolute Gasteiger partial charge is 0.301 e. The molecule has 38 heavy (non-hydrogen) atoms. The van der Waals surface area contributed by atoms with Crippen molar-refractivity contribution in [3.63, 3.8) is 0 Å². The van der Waals surface area contributed by atoms with Gasteiger partial charge >= 0.3 is 5.91 Å². The minimum atomic E-state index is -1.14. The summed E-state index contributed by atoms with van der Waals surface area (Å²) in [4.78, 5) is 32.6. The minimum Gasteiger partial charge on any atom is -0.507 e. The summed E-state index contributed by atoms with van der Waals surface area (Å²) in [7, 11) is 1.36. The average molecular weight is 599 g/mol. The monoisotopic (exact) mass is 598 g/mol. The van der Waals surface area contributed by atoms with Crippen LogP contribution in [0.3, 0.4) is 0 Å². The molecular weight excluding hydrogens is 579 g/mol. The van der Waals surface area contributed by atoms with Gasteiger partial charge < -0.3 is 19.7 Å². The molecule has 1 aliphatic rings. The Morgan fingerprint density at radius 3 is 2.71 bits per heavy atom. The molecule has 1 amide bonds. The number of anilines is 1. The van der Waals surface area contributed by atoms with Crippen molar-refractivity contribution in [1.29, 1.82) is 0 Å². The molecule has 1 aromatic heterocycles. The molecule has 4 aromatic rings. The number of fused-ring (bicyclic) bond motifs is 1. The number of benzene rings is 3. The summed E-state index contributed by atoms with van der Waals surface area (Å²) in [5.41, 5.74) is 0.892. The predicted octanol–water partition coefficient (Wildman–Crippen LogP) is 5.94. The zero-order valence-electron chi connectivity index (χ0n) is 20.1. The Morgan fingerprint density at radius 1 is 1.18 bits per heavy atom. The second kappa shape index (κ2) is 10.1. The lowest BCUT2D eigenvalue weighted by Gasteiger charge is -2.24. The van der Waals surface area contributed by atoms with Crippen LogP contribution in [0.2, 0.25) is 0 Å². The van der Waals surface area contributed by atoms with Gasteiger partial charge in [0.25, 0.3) is 5.78 Å². The largest absolute Gasteiger partial charge is 0.507 e. The molecule has 1 saturated heterocycles. The summed E-state index contributed by atoms with van der Waals surface area (Å²) >= 11 is 4.32. The summed E-state index contributed by atoms with van der Waals surface area (Å²) in [5, 5.41) is 21.9. The third kappa shape index (κ3) is 4.37. The number of hydrogen-bond donors (Lipinski definition) is 2. The maximum absolute atomic E-state index is 13.9. The van der Waals surface area contributed by atoms with Gasteiger partial charge in [-0.25, -0.2) is 9.37 Å². The molecule has 194 valence electrons. The van der Waals surface area contributed by atoms with Crippen molar-refractivity contribution in [2.75, 3.05) is 18.6 Å². The molecular formula is C27H20BrFN2O6S. The number of ketones is 1. The number of halogens is 2. The molecule has 3 aromatic carbocycles. The standard InChI is InChI=1S/C27H20BrFN2O6S/c1-3-37-16-6-4-5-13(9-16)23(32)21-22(14-10-17(28)24(33)19(11-14)36-2)31(26(35)25(21)34)27-30-18-8-7-15(29)12-20(18)38-27/h4-12,22,32-33H,3H2,1-2H3. The van der Waals surface area contributed by atoms with Crippen LogP contribution in [-0.4, -0.2) is 40.6 Å². The van der Waals surface area contributed by atoms with Gasteiger partial charge in [0, 0.05) is 5.56 Å². The second-order valence-electron chi connectivity index (χ2n) is 8.29. The Hall–Kier alpha value is -3.96. The van der Waals surface area contributed by atoms with Gasteiger partial charge in [-0.3, -0.25) is 14.5 Å². The first-order valence-corrected chi connectivity index (χ1v) is 13.0. The number of aromatic hydroxyl groups is 1. The number of rotatable bonds is 6. The number of aromatic nitrogens is 1. The number of phenols is 1. The summed E-state index contributed by atoms with van der Waals surface area (Å²) < 4.78 is 25.4. The summed E-state index contributed by atoms with van der Waals surface area (Å²) in [6.45, 7) is 2.21. The van der Waals surface area contributed by atoms with E-state index in [0.29, 0.717) is 28.1 Å². The van der Waals surface area contributed by atoms with Crippen LogP contribution in [0.15, 0.2) is 64.6 Å². The van der Waals surface area contributed by atoms with Crippen molar-refractivity contribution in [3.05, 3.63) is 81.6 Å². The van der Waals surface area contributed by atoms with Gasteiger partial charge in [-0.05, 0) is 70.9 Å². The summed E-state index contributed by atoms with van der Waals surface area (Å²) in [5.74, 6) is -2.33. The van der Waals surface area contributed by atoms with Crippen LogP contribution < -0.4 is 14.4 Å². The molecule has 11 heteroatoms. The van der Waals surface area contributed by atoms with Gasteiger partial charge in [0.05, 0.1) is 40.0 Å². The van der Waals surface area contributed by atoms with Crippen molar-refractivity contribution >= 4 is 60.1 Å². The first kappa shape index (κ1) is 25.7. The Balaban J connectivity index is 1.76. The number of carbonyl (C=O) groups excluding carboxylic acids is 2. The number of thiazole rings is 1. The predicted molar refractivity (Wildman–Crippen MR) is 144 cm³/mol. The number of nitrogens with zero attached hydrogens (tertiary/aromatic N) is 2. The molecule has 2 N–H and O–H groups in total. The molecule has 0 spiro atoms. The zero-order chi connectivity index (χ0) is 27.1. The SMILES string of the molecule is CCOc1cccc(C(O)=C2C(=O)C(=O)N(c3nc4ccc(F)cc4s3)C2c2cc(Br)c(O)c(OC)c2)c1. The number of amides is 1. The van der Waals surface area contributed by atoms with Crippen molar-refractivity contribution in [2.24, 2.45) is 0 Å². The van der Waals surface area contributed by atoms with Gasteiger partial charge in [0.1, 0.15) is 17.3 Å². The van der Waals surface area contributed by atoms with Crippen molar-refractivity contribution in [2.45, 2.75) is 13.0 Å². The molecule has 0 saturated carbocycles. The Labute approximate surface area is 228 Å². The fourth-order valence-electron chi connectivity index (χ4n) is 4.30. The Kier molecular flexibility index (Phi) is 6.80. The molecule has 5 rings (SSSR count). The summed E-state index contributed by atoms with van der Waals surface area (Å²) in [6, 6.07) is 12.4. The van der Waals surface area contributed by atoms with Gasteiger partial charge in [-0.2, -0.15) is 0 Å². The molecule has 0 bridgehead atoms. The highest BCUT2D eigenvalue weighted by Gasteiger charge is 2.48. The fraction of sp³-hybridized carbons (Fsp3) is 0.148. The third-order valence-corrected chi connectivity index (χ3v) is 7.62. The van der Waals surface area contributed by atoms with Crippen molar-refractivity contribution in [3.8, 4) is 17.2 Å². The van der Waals surface area contributed by atoms with Crippen LogP contribution in [-0.2, 0) is 9.59 Å². The van der Waals surface area contributed by atoms with Crippen molar-refractivity contribution < 1.29 is 33.7 Å². The Bertz CT molecular complexity index is 1640. The van der Waals surface area contributed by atoms with Crippen molar-refractivity contribution in [1.82, 2.24) is 4.98 Å². The van der Waals surface area contributed by atoms with E-state index in [2.05, 4.69) is 20.9 Å². The second-order valence-corrected chi connectivity index (χ2v) is 10.2. The molecule has 0 aliphatic carbocycles. The van der Waals surface area contributed by atoms with Gasteiger partial charge in [-0.1, -0.05) is 23.5 Å². The summed E-state index contributed by atoms with van der Waals surface area (Å²) in [6.07, 6.45) is 0. The van der Waals surface area contributed by atoms with E-state index in [9.17, 15) is 24.2 Å². The van der Waals surface area contributed by atoms with Gasteiger partial charge in [0.15, 0.2) is 16.6 Å². The van der Waals surface area contributed by atoms with E-state index in [1.807, 2.05) is 6.92 Å². The van der Waals surface area contributed by atoms with E-state index in [-0.39, 0.29) is 32.2 Å². The highest BCUT2D eigenvalue weighted by molar-refractivity contribution is 9.10. The third-order valence-electron chi connectivity index (χ3n) is 5.99. The number of phenolic OH excluding ortho intramolecular Hbond substituents is 1. The van der Waals surface area contributed by atoms with E-state index < -0.39 is 29.3 Å². The number of ether oxygens (including phenoxy) is 2. The number of methoxy groups -OCH3 is 1. The maximum Gasteiger partial charge on any atom is 0.301 e. The molecule has 2 heterocycles. The topological polar surface area (TPSA) is 109 Å². The molecule has 1 unspecified atom stereocenters. The van der Waals surface area contributed by atoms with Crippen LogP contribution in [0.25, 0.3) is 16.0 Å². The first-order valence-electron chi connectivity index (χ1n) is 11.4. The Morgan fingerprint density at radius 2 is 1.97 bits per heavy atom. The van der Waals surface area contributed by atoms with Gasteiger partial charge in [0.2, 0.25) is 0 Å². The van der Waals surface area contributed by atoms with Gasteiger partial charge in [-0.15, -0.1) is 0 Å². The van der Waals surface area contributed by atoms with Crippen LogP contribution >= 0.6 is 27.3 Å². The number of aliphatic hydroxyl groups excluding tert-OH is 1. The highest BCUT2D eigenvalue weighted by atomic mass is 79.9. The normalized spacial score (nSPS) is 16.8. The highest BCUT2D eigenvalue weighted by Crippen LogP contribution is 2.47. The molecule has 0 radical (unpaired) electrons. The molecule has 1 aliphatic heterocycles. The first-order chi connectivity index (χ1) is 18.2. The number of aliphatic hydroxyl groups is 1. The van der Waals surface area contributed by atoms with E-state index in [1.54, 1.807) is 24.3 Å². The van der Waals surface area contributed by atoms with E-state index in [1.165, 1.54) is 42.3 Å². The van der Waals surface area contributed by atoms with Crippen LogP contribution in [0, 0.1) is 5.82 Å². The lowest BCUT2D eigenvalue weighted by Crippen LogP contribution is -2.29. The van der Waals surface area contributed by atoms with E-state index >= 15 is 0 Å². The number of Topliss-reactive ketones (excluding diaryl/α,β-unsaturated/α-hetero) is 1. The minimum absolute atomic E-state index is 0.0877. The van der Waals surface area contributed by atoms with Crippen LogP contribution in [0.4, 0.5) is 9.52 Å². The molecule has 1 fully saturated rings. The maximum atomic E-state index is 13.9. The quantitative estimate of drug-likeness (QED) is 0.161. The lowest BCUT2D eigenvalue weighted by atomic mass is 9.95. The average Bonchev–Trinajstić information content (AvgIpc) is 3.43. The number of hydrogen-bond acceptors (Lipinski definition) is 8. The fourth-order valence-corrected chi connectivity index (χ4v) is 5.77. The zero-order valence-corrected chi connectivity index (χ0v) is 22.5. The van der Waals surface area contributed by atoms with E-state index in [0.717, 1.165) is 11.3 Å². The van der Waals surface area contributed by atoms with Crippen LogP contribution in [0.5, 0.6) is 17.2 Å². The molecule has 8 nitrogen and oxygen atoms in total.